The van der Waals surface area contributed by atoms with E-state index in [0.29, 0.717) is 22.3 Å². The maximum absolute atomic E-state index is 12.5. The van der Waals surface area contributed by atoms with E-state index >= 15 is 0 Å². The number of ether oxygens (including phenoxy) is 1. The van der Waals surface area contributed by atoms with Gasteiger partial charge >= 0.3 is 5.97 Å². The minimum absolute atomic E-state index is 0.0619. The zero-order valence-electron chi connectivity index (χ0n) is 20.3. The van der Waals surface area contributed by atoms with E-state index in [2.05, 4.69) is 20.7 Å². The fourth-order valence-corrected chi connectivity index (χ4v) is 4.12. The Kier molecular flexibility index (Phi) is 8.32. The molecular weight excluding hydrogens is 490 g/mol. The molecule has 0 saturated carbocycles. The van der Waals surface area contributed by atoms with Crippen molar-refractivity contribution in [2.75, 3.05) is 12.4 Å². The lowest BCUT2D eigenvalue weighted by molar-refractivity contribution is -0.139. The summed E-state index contributed by atoms with van der Waals surface area (Å²) in [5, 5.41) is 22.1. The first-order valence-electron chi connectivity index (χ1n) is 11.4. The first-order valence-corrected chi connectivity index (χ1v) is 12.4. The fraction of sp³-hybridized carbons (Fsp3) is 0.148. The molecule has 0 unspecified atom stereocenters. The van der Waals surface area contributed by atoms with E-state index in [0.717, 1.165) is 22.4 Å². The third kappa shape index (κ3) is 6.83. The van der Waals surface area contributed by atoms with Crippen molar-refractivity contribution in [1.29, 1.82) is 0 Å². The molecule has 188 valence electrons. The molecule has 3 aromatic carbocycles. The van der Waals surface area contributed by atoms with E-state index in [4.69, 9.17) is 9.84 Å². The molecule has 0 saturated heterocycles. The topological polar surface area (TPSA) is 119 Å². The number of nitrogens with zero attached hydrogens (tertiary/aromatic N) is 4. The van der Waals surface area contributed by atoms with Gasteiger partial charge in [0.2, 0.25) is 0 Å². The van der Waals surface area contributed by atoms with Gasteiger partial charge in [-0.2, -0.15) is 5.10 Å². The van der Waals surface area contributed by atoms with Gasteiger partial charge in [-0.15, -0.1) is 10.2 Å². The zero-order chi connectivity index (χ0) is 26.2. The summed E-state index contributed by atoms with van der Waals surface area (Å²) >= 11 is 1.25. The number of carboxylic acids is 1. The van der Waals surface area contributed by atoms with Crippen molar-refractivity contribution in [1.82, 2.24) is 20.2 Å². The van der Waals surface area contributed by atoms with Gasteiger partial charge in [0, 0.05) is 16.8 Å². The van der Waals surface area contributed by atoms with Crippen LogP contribution in [0.25, 0.3) is 17.1 Å². The van der Waals surface area contributed by atoms with Crippen LogP contribution in [0.5, 0.6) is 5.75 Å². The molecule has 4 aromatic rings. The minimum atomic E-state index is -1.08. The van der Waals surface area contributed by atoms with E-state index in [1.165, 1.54) is 18.0 Å². The number of nitrogens with one attached hydrogen (secondary N) is 1. The van der Waals surface area contributed by atoms with Crippen molar-refractivity contribution in [3.05, 3.63) is 89.5 Å². The van der Waals surface area contributed by atoms with Gasteiger partial charge in [0.25, 0.3) is 5.91 Å². The predicted octanol–water partition coefficient (Wildman–Crippen LogP) is 4.26. The molecule has 1 amide bonds. The maximum Gasteiger partial charge on any atom is 0.341 e. The lowest BCUT2D eigenvalue weighted by Gasteiger charge is -2.11. The molecule has 4 rings (SSSR count). The maximum atomic E-state index is 12.5. The number of para-hydroxylation sites is 1. The first-order chi connectivity index (χ1) is 17.9. The second-order valence-corrected chi connectivity index (χ2v) is 9.09. The molecule has 0 bridgehead atoms. The average Bonchev–Trinajstić information content (AvgIpc) is 3.31. The summed E-state index contributed by atoms with van der Waals surface area (Å²) in [6, 6.07) is 22.9. The number of hydrogen-bond donors (Lipinski definition) is 2. The number of aryl methyl sites for hydroxylation is 2. The van der Waals surface area contributed by atoms with Crippen molar-refractivity contribution < 1.29 is 19.4 Å². The van der Waals surface area contributed by atoms with Crippen LogP contribution < -0.4 is 10.2 Å². The predicted molar refractivity (Wildman–Crippen MR) is 142 cm³/mol. The summed E-state index contributed by atoms with van der Waals surface area (Å²) in [7, 11) is 0. The molecule has 0 atom stereocenters. The van der Waals surface area contributed by atoms with Gasteiger partial charge in [-0.25, -0.2) is 10.2 Å². The van der Waals surface area contributed by atoms with Gasteiger partial charge in [0.1, 0.15) is 5.75 Å². The van der Waals surface area contributed by atoms with Crippen LogP contribution in [0.1, 0.15) is 16.7 Å². The van der Waals surface area contributed by atoms with E-state index in [9.17, 15) is 9.59 Å². The Morgan fingerprint density at radius 2 is 1.68 bits per heavy atom. The number of amides is 1. The number of aromatic nitrogens is 3. The van der Waals surface area contributed by atoms with Gasteiger partial charge in [-0.1, -0.05) is 71.4 Å². The molecule has 9 nitrogen and oxygen atoms in total. The van der Waals surface area contributed by atoms with Crippen LogP contribution in [0.4, 0.5) is 0 Å². The Morgan fingerprint density at radius 1 is 1.00 bits per heavy atom. The number of carbonyl (C=O) groups excluding carboxylic acids is 1. The van der Waals surface area contributed by atoms with Crippen LogP contribution in [0, 0.1) is 13.8 Å². The van der Waals surface area contributed by atoms with Crippen LogP contribution >= 0.6 is 11.8 Å². The summed E-state index contributed by atoms with van der Waals surface area (Å²) in [5.74, 6) is -0.316. The van der Waals surface area contributed by atoms with Crippen molar-refractivity contribution >= 4 is 29.9 Å². The zero-order valence-corrected chi connectivity index (χ0v) is 21.1. The Hall–Kier alpha value is -4.44. The molecule has 0 aliphatic heterocycles. The summed E-state index contributed by atoms with van der Waals surface area (Å²) in [6.45, 7) is 3.58. The highest BCUT2D eigenvalue weighted by Crippen LogP contribution is 2.28. The lowest BCUT2D eigenvalue weighted by Crippen LogP contribution is -2.20. The van der Waals surface area contributed by atoms with Gasteiger partial charge < -0.3 is 9.84 Å². The number of carbonyl (C=O) groups is 2. The van der Waals surface area contributed by atoms with Crippen LogP contribution in [-0.4, -0.2) is 50.3 Å². The molecule has 10 heteroatoms. The van der Waals surface area contributed by atoms with Crippen molar-refractivity contribution in [3.8, 4) is 22.8 Å². The molecule has 37 heavy (non-hydrogen) atoms. The Morgan fingerprint density at radius 3 is 2.38 bits per heavy atom. The van der Waals surface area contributed by atoms with Crippen molar-refractivity contribution in [3.63, 3.8) is 0 Å². The third-order valence-corrected chi connectivity index (χ3v) is 6.16. The number of hydrazone groups is 1. The third-order valence-electron chi connectivity index (χ3n) is 5.23. The average molecular weight is 516 g/mol. The first kappa shape index (κ1) is 25.6. The molecule has 0 radical (unpaired) electrons. The molecule has 0 aliphatic carbocycles. The second-order valence-electron chi connectivity index (χ2n) is 8.15. The second kappa shape index (κ2) is 12.0. The van der Waals surface area contributed by atoms with Crippen molar-refractivity contribution in [2.24, 2.45) is 5.10 Å². The molecule has 0 aliphatic rings. The number of hydrogen-bond acceptors (Lipinski definition) is 7. The van der Waals surface area contributed by atoms with Crippen molar-refractivity contribution in [2.45, 2.75) is 19.0 Å². The van der Waals surface area contributed by atoms with Gasteiger partial charge in [-0.3, -0.25) is 9.36 Å². The Balaban J connectivity index is 1.47. The largest absolute Gasteiger partial charge is 0.481 e. The standard InChI is InChI=1S/C27H25N5O4S/c1-18-7-11-20(12-8-18)26-30-31-27(32(26)22-13-9-19(2)10-14-22)37-17-24(33)29-28-15-21-5-3-4-6-23(21)36-16-25(34)35/h3-15H,16-17H2,1-2H3,(H,29,33)(H,34,35). The summed E-state index contributed by atoms with van der Waals surface area (Å²) in [4.78, 5) is 23.3. The van der Waals surface area contributed by atoms with Crippen LogP contribution in [0.15, 0.2) is 83.1 Å². The molecular formula is C27H25N5O4S. The number of thioether (sulfide) groups is 1. The SMILES string of the molecule is Cc1ccc(-c2nnc(SCC(=O)NN=Cc3ccccc3OCC(=O)O)n2-c2ccc(C)cc2)cc1. The molecule has 1 heterocycles. The number of benzene rings is 3. The molecule has 1 aromatic heterocycles. The van der Waals surface area contributed by atoms with Gasteiger partial charge in [0.15, 0.2) is 17.6 Å². The highest BCUT2D eigenvalue weighted by Gasteiger charge is 2.17. The molecule has 0 spiro atoms. The summed E-state index contributed by atoms with van der Waals surface area (Å²) in [6.07, 6.45) is 1.41. The summed E-state index contributed by atoms with van der Waals surface area (Å²) in [5.41, 5.74) is 7.12. The highest BCUT2D eigenvalue weighted by atomic mass is 32.2. The Labute approximate surface area is 218 Å². The monoisotopic (exact) mass is 515 g/mol. The fourth-order valence-electron chi connectivity index (χ4n) is 3.37. The van der Waals surface area contributed by atoms with Gasteiger partial charge in [-0.05, 0) is 38.1 Å². The van der Waals surface area contributed by atoms with E-state index < -0.39 is 12.6 Å². The number of aliphatic carboxylic acids is 1. The van der Waals surface area contributed by atoms with Crippen LogP contribution in [0.2, 0.25) is 0 Å². The van der Waals surface area contributed by atoms with E-state index in [-0.39, 0.29) is 11.7 Å². The smallest absolute Gasteiger partial charge is 0.341 e. The Bertz CT molecular complexity index is 1420. The lowest BCUT2D eigenvalue weighted by atomic mass is 10.1. The number of carboxylic acid groups (broad SMARTS) is 1. The minimum Gasteiger partial charge on any atom is -0.481 e. The van der Waals surface area contributed by atoms with Crippen LogP contribution in [-0.2, 0) is 9.59 Å². The quantitative estimate of drug-likeness (QED) is 0.184. The normalized spacial score (nSPS) is 11.0. The molecule has 2 N–H and O–H groups in total. The van der Waals surface area contributed by atoms with Crippen LogP contribution in [0.3, 0.4) is 0 Å². The number of rotatable bonds is 10. The summed E-state index contributed by atoms with van der Waals surface area (Å²) < 4.78 is 7.18. The highest BCUT2D eigenvalue weighted by molar-refractivity contribution is 7.99. The van der Waals surface area contributed by atoms with E-state index in [1.807, 2.05) is 66.9 Å². The molecule has 0 fully saturated rings. The van der Waals surface area contributed by atoms with E-state index in [1.54, 1.807) is 24.3 Å². The van der Waals surface area contributed by atoms with Gasteiger partial charge in [0.05, 0.1) is 12.0 Å².